The Morgan fingerprint density at radius 1 is 1.45 bits per heavy atom. The van der Waals surface area contributed by atoms with Crippen molar-refractivity contribution in [3.63, 3.8) is 0 Å². The number of hydrogen-bond acceptors (Lipinski definition) is 6. The van der Waals surface area contributed by atoms with Crippen LogP contribution in [0, 0.1) is 0 Å². The summed E-state index contributed by atoms with van der Waals surface area (Å²) < 4.78 is 5.33. The zero-order chi connectivity index (χ0) is 16.3. The van der Waals surface area contributed by atoms with Gasteiger partial charge in [0.25, 0.3) is 0 Å². The SMILES string of the molecule is CC(C)(C)OC(=O)CN1CC=C(c2cc(Cl)nnc2N)CC1. The van der Waals surface area contributed by atoms with Gasteiger partial charge in [0.2, 0.25) is 0 Å². The van der Waals surface area contributed by atoms with Crippen molar-refractivity contribution in [1.29, 1.82) is 0 Å². The van der Waals surface area contributed by atoms with Crippen LogP contribution in [0.15, 0.2) is 12.1 Å². The maximum atomic E-state index is 11.8. The first-order valence-corrected chi connectivity index (χ1v) is 7.55. The summed E-state index contributed by atoms with van der Waals surface area (Å²) >= 11 is 5.87. The molecule has 0 unspecified atom stereocenters. The summed E-state index contributed by atoms with van der Waals surface area (Å²) in [6.07, 6.45) is 2.81. The third-order valence-corrected chi connectivity index (χ3v) is 3.39. The first-order chi connectivity index (χ1) is 10.2. The predicted molar refractivity (Wildman–Crippen MR) is 86.3 cm³/mol. The molecule has 2 heterocycles. The van der Waals surface area contributed by atoms with Gasteiger partial charge in [-0.2, -0.15) is 0 Å². The van der Waals surface area contributed by atoms with Gasteiger partial charge in [0.1, 0.15) is 5.60 Å². The van der Waals surface area contributed by atoms with Gasteiger partial charge in [-0.1, -0.05) is 17.7 Å². The molecule has 7 heteroatoms. The predicted octanol–water partition coefficient (Wildman–Crippen LogP) is 2.14. The van der Waals surface area contributed by atoms with E-state index < -0.39 is 5.60 Å². The van der Waals surface area contributed by atoms with Gasteiger partial charge in [-0.05, 0) is 38.8 Å². The van der Waals surface area contributed by atoms with Gasteiger partial charge in [0.05, 0.1) is 6.54 Å². The Hall–Kier alpha value is -1.66. The maximum Gasteiger partial charge on any atom is 0.320 e. The molecular weight excluding hydrogens is 304 g/mol. The van der Waals surface area contributed by atoms with Gasteiger partial charge in [0, 0.05) is 18.7 Å². The van der Waals surface area contributed by atoms with Crippen LogP contribution in [0.25, 0.3) is 5.57 Å². The molecule has 1 aromatic rings. The lowest BCUT2D eigenvalue weighted by atomic mass is 10.0. The molecule has 0 saturated heterocycles. The van der Waals surface area contributed by atoms with Gasteiger partial charge in [-0.15, -0.1) is 10.2 Å². The molecule has 0 bridgehead atoms. The second kappa shape index (κ2) is 6.62. The third kappa shape index (κ3) is 4.68. The van der Waals surface area contributed by atoms with E-state index in [1.807, 2.05) is 31.7 Å². The highest BCUT2D eigenvalue weighted by Gasteiger charge is 2.21. The molecule has 0 aliphatic carbocycles. The van der Waals surface area contributed by atoms with Crippen molar-refractivity contribution in [2.24, 2.45) is 0 Å². The van der Waals surface area contributed by atoms with Gasteiger partial charge < -0.3 is 10.5 Å². The van der Waals surface area contributed by atoms with Crippen LogP contribution in [0.1, 0.15) is 32.8 Å². The highest BCUT2D eigenvalue weighted by molar-refractivity contribution is 6.29. The average molecular weight is 325 g/mol. The quantitative estimate of drug-likeness (QED) is 0.858. The third-order valence-electron chi connectivity index (χ3n) is 3.20. The van der Waals surface area contributed by atoms with E-state index in [0.717, 1.165) is 24.1 Å². The molecule has 1 aliphatic heterocycles. The van der Waals surface area contributed by atoms with Crippen LogP contribution in [-0.2, 0) is 9.53 Å². The molecule has 0 radical (unpaired) electrons. The van der Waals surface area contributed by atoms with Gasteiger partial charge in [-0.25, -0.2) is 0 Å². The Labute approximate surface area is 135 Å². The molecular formula is C15H21ClN4O2. The highest BCUT2D eigenvalue weighted by Crippen LogP contribution is 2.27. The number of aromatic nitrogens is 2. The van der Waals surface area contributed by atoms with Crippen molar-refractivity contribution < 1.29 is 9.53 Å². The number of nitrogens with two attached hydrogens (primary N) is 1. The number of rotatable bonds is 3. The molecule has 2 N–H and O–H groups in total. The van der Waals surface area contributed by atoms with Gasteiger partial charge >= 0.3 is 5.97 Å². The van der Waals surface area contributed by atoms with E-state index in [1.54, 1.807) is 6.07 Å². The molecule has 0 amide bonds. The van der Waals surface area contributed by atoms with E-state index in [9.17, 15) is 4.79 Å². The fourth-order valence-electron chi connectivity index (χ4n) is 2.29. The smallest absolute Gasteiger partial charge is 0.320 e. The van der Waals surface area contributed by atoms with Crippen molar-refractivity contribution in [1.82, 2.24) is 15.1 Å². The lowest BCUT2D eigenvalue weighted by Crippen LogP contribution is -2.37. The lowest BCUT2D eigenvalue weighted by molar-refractivity contribution is -0.156. The molecule has 1 aromatic heterocycles. The van der Waals surface area contributed by atoms with Crippen molar-refractivity contribution in [2.75, 3.05) is 25.4 Å². The minimum Gasteiger partial charge on any atom is -0.459 e. The fraction of sp³-hybridized carbons (Fsp3) is 0.533. The molecule has 0 fully saturated rings. The van der Waals surface area contributed by atoms with Crippen molar-refractivity contribution in [3.05, 3.63) is 22.9 Å². The first kappa shape index (κ1) is 16.7. The standard InChI is InChI=1S/C15H21ClN4O2/c1-15(2,3)22-13(21)9-20-6-4-10(5-7-20)11-8-12(16)18-19-14(11)17/h4,8H,5-7,9H2,1-3H3,(H2,17,19). The molecule has 0 spiro atoms. The number of halogens is 1. The van der Waals surface area contributed by atoms with E-state index in [4.69, 9.17) is 22.1 Å². The number of ether oxygens (including phenoxy) is 1. The summed E-state index contributed by atoms with van der Waals surface area (Å²) in [4.78, 5) is 13.9. The van der Waals surface area contributed by atoms with Crippen molar-refractivity contribution >= 4 is 29.0 Å². The topological polar surface area (TPSA) is 81.3 Å². The summed E-state index contributed by atoms with van der Waals surface area (Å²) in [6.45, 7) is 7.29. The monoisotopic (exact) mass is 324 g/mol. The summed E-state index contributed by atoms with van der Waals surface area (Å²) in [5.41, 5.74) is 7.28. The number of nitrogens with zero attached hydrogens (tertiary/aromatic N) is 3. The number of hydrogen-bond donors (Lipinski definition) is 1. The van der Waals surface area contributed by atoms with Crippen LogP contribution in [0.3, 0.4) is 0 Å². The zero-order valence-electron chi connectivity index (χ0n) is 13.1. The summed E-state index contributed by atoms with van der Waals surface area (Å²) in [6, 6.07) is 1.72. The molecule has 1 aliphatic rings. The van der Waals surface area contributed by atoms with E-state index in [-0.39, 0.29) is 12.5 Å². The Balaban J connectivity index is 1.98. The van der Waals surface area contributed by atoms with Crippen LogP contribution in [-0.4, -0.2) is 46.3 Å². The fourth-order valence-corrected chi connectivity index (χ4v) is 2.44. The van der Waals surface area contributed by atoms with E-state index in [1.165, 1.54) is 0 Å². The lowest BCUT2D eigenvalue weighted by Gasteiger charge is -2.27. The Kier molecular flexibility index (Phi) is 5.03. The van der Waals surface area contributed by atoms with Crippen LogP contribution in [0.5, 0.6) is 0 Å². The maximum absolute atomic E-state index is 11.8. The van der Waals surface area contributed by atoms with E-state index in [2.05, 4.69) is 10.2 Å². The minimum absolute atomic E-state index is 0.211. The number of carbonyl (C=O) groups excluding carboxylic acids is 1. The molecule has 2 rings (SSSR count). The van der Waals surface area contributed by atoms with E-state index >= 15 is 0 Å². The second-order valence-electron chi connectivity index (χ2n) is 6.27. The summed E-state index contributed by atoms with van der Waals surface area (Å²) in [7, 11) is 0. The largest absolute Gasteiger partial charge is 0.459 e. The minimum atomic E-state index is -0.457. The zero-order valence-corrected chi connectivity index (χ0v) is 13.9. The van der Waals surface area contributed by atoms with E-state index in [0.29, 0.717) is 17.5 Å². The molecule has 0 atom stereocenters. The van der Waals surface area contributed by atoms with Crippen LogP contribution in [0.2, 0.25) is 5.15 Å². The molecule has 0 saturated carbocycles. The molecule has 22 heavy (non-hydrogen) atoms. The average Bonchev–Trinajstić information content (AvgIpc) is 2.40. The molecule has 120 valence electrons. The number of carbonyl (C=O) groups is 1. The van der Waals surface area contributed by atoms with Crippen LogP contribution >= 0.6 is 11.6 Å². The summed E-state index contributed by atoms with van der Waals surface area (Å²) in [5, 5.41) is 7.86. The number of esters is 1. The van der Waals surface area contributed by atoms with Crippen molar-refractivity contribution in [3.8, 4) is 0 Å². The number of anilines is 1. The Morgan fingerprint density at radius 2 is 2.18 bits per heavy atom. The summed E-state index contributed by atoms with van der Waals surface area (Å²) in [5.74, 6) is 0.161. The molecule has 0 aromatic carbocycles. The highest BCUT2D eigenvalue weighted by atomic mass is 35.5. The number of nitrogen functional groups attached to an aromatic ring is 1. The van der Waals surface area contributed by atoms with Crippen LogP contribution in [0.4, 0.5) is 5.82 Å². The molecule has 6 nitrogen and oxygen atoms in total. The normalized spacial score (nSPS) is 16.3. The van der Waals surface area contributed by atoms with Gasteiger partial charge in [0.15, 0.2) is 11.0 Å². The first-order valence-electron chi connectivity index (χ1n) is 7.17. The Bertz CT molecular complexity index is 596. The van der Waals surface area contributed by atoms with Crippen molar-refractivity contribution in [2.45, 2.75) is 32.8 Å². The van der Waals surface area contributed by atoms with Gasteiger partial charge in [-0.3, -0.25) is 9.69 Å². The van der Waals surface area contributed by atoms with Crippen LogP contribution < -0.4 is 5.73 Å². The second-order valence-corrected chi connectivity index (χ2v) is 6.65. The Morgan fingerprint density at radius 3 is 2.77 bits per heavy atom.